The van der Waals surface area contributed by atoms with E-state index in [2.05, 4.69) is 11.4 Å². The van der Waals surface area contributed by atoms with E-state index in [1.54, 1.807) is 11.3 Å². The molecule has 6 nitrogen and oxygen atoms in total. The molecule has 1 amide bonds. The number of carbonyl (C=O) groups is 2. The number of rotatable bonds is 7. The third-order valence-corrected chi connectivity index (χ3v) is 8.24. The number of nitrogens with one attached hydrogen (secondary N) is 1. The fourth-order valence-corrected chi connectivity index (χ4v) is 6.63. The Morgan fingerprint density at radius 2 is 1.82 bits per heavy atom. The molecule has 0 unspecified atom stereocenters. The van der Waals surface area contributed by atoms with Crippen LogP contribution < -0.4 is 5.32 Å². The number of aryl methyl sites for hydroxylation is 3. The molecule has 7 heteroatoms. The topological polar surface area (TPSA) is 72.7 Å². The van der Waals surface area contributed by atoms with Crippen molar-refractivity contribution >= 4 is 51.0 Å². The third-order valence-electron chi connectivity index (χ3n) is 7.04. The van der Waals surface area contributed by atoms with Crippen LogP contribution in [0.5, 0.6) is 0 Å². The van der Waals surface area contributed by atoms with Crippen molar-refractivity contribution in [2.75, 3.05) is 11.9 Å². The second kappa shape index (κ2) is 11.0. The number of hydrogen-bond donors (Lipinski definition) is 1. The van der Waals surface area contributed by atoms with Gasteiger partial charge in [-0.1, -0.05) is 24.3 Å². The lowest BCUT2D eigenvalue weighted by molar-refractivity contribution is -0.143. The quantitative estimate of drug-likeness (QED) is 0.206. The van der Waals surface area contributed by atoms with Crippen LogP contribution in [0.3, 0.4) is 0 Å². The smallest absolute Gasteiger partial charge is 0.325 e. The average molecular weight is 528 g/mol. The second-order valence-electron chi connectivity index (χ2n) is 9.89. The molecule has 0 saturated carbocycles. The van der Waals surface area contributed by atoms with Crippen molar-refractivity contribution < 1.29 is 14.3 Å². The Morgan fingerprint density at radius 1 is 1.08 bits per heavy atom. The summed E-state index contributed by atoms with van der Waals surface area (Å²) in [5.41, 5.74) is 7.68. The number of hydrogen-bond acceptors (Lipinski definition) is 5. The van der Waals surface area contributed by atoms with Crippen LogP contribution in [0.25, 0.3) is 10.9 Å². The van der Waals surface area contributed by atoms with Crippen molar-refractivity contribution in [2.24, 2.45) is 4.99 Å². The van der Waals surface area contributed by atoms with Crippen molar-refractivity contribution in [3.8, 4) is 0 Å². The van der Waals surface area contributed by atoms with E-state index in [4.69, 9.17) is 9.73 Å². The van der Waals surface area contributed by atoms with Gasteiger partial charge in [-0.05, 0) is 88.3 Å². The first kappa shape index (κ1) is 25.9. The van der Waals surface area contributed by atoms with Gasteiger partial charge in [-0.25, -0.2) is 4.99 Å². The van der Waals surface area contributed by atoms with Crippen LogP contribution in [-0.4, -0.2) is 29.3 Å². The van der Waals surface area contributed by atoms with Gasteiger partial charge in [-0.3, -0.25) is 9.59 Å². The van der Waals surface area contributed by atoms with Gasteiger partial charge in [-0.15, -0.1) is 11.3 Å². The van der Waals surface area contributed by atoms with Gasteiger partial charge >= 0.3 is 5.97 Å². The Bertz CT molecular complexity index is 1540. The summed E-state index contributed by atoms with van der Waals surface area (Å²) in [7, 11) is 0. The number of carbonyl (C=O) groups excluding carboxylic acids is 2. The summed E-state index contributed by atoms with van der Waals surface area (Å²) in [4.78, 5) is 32.1. The number of para-hydroxylation sites is 1. The molecule has 0 saturated heterocycles. The summed E-state index contributed by atoms with van der Waals surface area (Å²) < 4.78 is 7.18. The van der Waals surface area contributed by atoms with Crippen LogP contribution in [0.15, 0.2) is 47.5 Å². The van der Waals surface area contributed by atoms with Gasteiger partial charge in [0.2, 0.25) is 0 Å². The highest BCUT2D eigenvalue weighted by molar-refractivity contribution is 7.16. The SMILES string of the molecule is CCOC(=O)Cn1c(C)c(C=Nc2sc3c(c2C(=O)Nc2cc(C)cc(C)c2)CCCC3)c2ccccc21. The predicted molar refractivity (Wildman–Crippen MR) is 155 cm³/mol. The van der Waals surface area contributed by atoms with Crippen LogP contribution in [0.1, 0.15) is 62.9 Å². The summed E-state index contributed by atoms with van der Waals surface area (Å²) in [6, 6.07) is 14.1. The molecule has 1 aliphatic carbocycles. The molecule has 2 aromatic heterocycles. The second-order valence-corrected chi connectivity index (χ2v) is 11.0. The molecule has 0 spiro atoms. The number of nitrogens with zero attached hydrogens (tertiary/aromatic N) is 2. The standard InChI is InChI=1S/C31H33N3O3S/c1-5-37-28(35)18-34-21(4)25(23-10-6-8-12-26(23)34)17-32-31-29(24-11-7-9-13-27(24)38-31)30(36)33-22-15-19(2)14-20(3)16-22/h6,8,10,12,14-17H,5,7,9,11,13,18H2,1-4H3,(H,33,36). The van der Waals surface area contributed by atoms with Crippen molar-refractivity contribution in [1.29, 1.82) is 0 Å². The monoisotopic (exact) mass is 527 g/mol. The van der Waals surface area contributed by atoms with E-state index >= 15 is 0 Å². The van der Waals surface area contributed by atoms with E-state index in [0.717, 1.165) is 75.2 Å². The molecule has 0 fully saturated rings. The molecular weight excluding hydrogens is 494 g/mol. The van der Waals surface area contributed by atoms with E-state index in [-0.39, 0.29) is 18.4 Å². The molecule has 1 aliphatic rings. The number of thiophene rings is 1. The summed E-state index contributed by atoms with van der Waals surface area (Å²) in [5, 5.41) is 4.88. The van der Waals surface area contributed by atoms with Crippen LogP contribution in [-0.2, 0) is 28.9 Å². The Kier molecular flexibility index (Phi) is 7.47. The van der Waals surface area contributed by atoms with Crippen LogP contribution in [0.4, 0.5) is 10.7 Å². The van der Waals surface area contributed by atoms with E-state index in [1.165, 1.54) is 4.88 Å². The first-order chi connectivity index (χ1) is 18.4. The maximum atomic E-state index is 13.6. The Labute approximate surface area is 227 Å². The largest absolute Gasteiger partial charge is 0.465 e. The van der Waals surface area contributed by atoms with Gasteiger partial charge < -0.3 is 14.6 Å². The van der Waals surface area contributed by atoms with Gasteiger partial charge in [0.25, 0.3) is 5.91 Å². The van der Waals surface area contributed by atoms with E-state index in [0.29, 0.717) is 12.2 Å². The third kappa shape index (κ3) is 5.16. The molecule has 38 heavy (non-hydrogen) atoms. The van der Waals surface area contributed by atoms with Crippen LogP contribution in [0.2, 0.25) is 0 Å². The fraction of sp³-hybridized carbons (Fsp3) is 0.323. The van der Waals surface area contributed by atoms with Crippen LogP contribution in [0, 0.1) is 20.8 Å². The maximum Gasteiger partial charge on any atom is 0.325 e. The molecule has 0 aliphatic heterocycles. The minimum absolute atomic E-state index is 0.108. The van der Waals surface area contributed by atoms with E-state index in [9.17, 15) is 9.59 Å². The lowest BCUT2D eigenvalue weighted by Crippen LogP contribution is -2.15. The molecule has 5 rings (SSSR count). The summed E-state index contributed by atoms with van der Waals surface area (Å²) in [6.07, 6.45) is 5.95. The number of ether oxygens (including phenoxy) is 1. The molecule has 196 valence electrons. The molecular formula is C31H33N3O3S. The van der Waals surface area contributed by atoms with Crippen LogP contribution >= 0.6 is 11.3 Å². The predicted octanol–water partition coefficient (Wildman–Crippen LogP) is 7.07. The zero-order chi connectivity index (χ0) is 26.8. The highest BCUT2D eigenvalue weighted by Crippen LogP contribution is 2.40. The highest BCUT2D eigenvalue weighted by Gasteiger charge is 2.26. The lowest BCUT2D eigenvalue weighted by atomic mass is 9.95. The number of anilines is 1. The van der Waals surface area contributed by atoms with Gasteiger partial charge in [0.1, 0.15) is 11.5 Å². The number of aromatic nitrogens is 1. The highest BCUT2D eigenvalue weighted by atomic mass is 32.1. The lowest BCUT2D eigenvalue weighted by Gasteiger charge is -2.13. The van der Waals surface area contributed by atoms with E-state index in [1.807, 2.05) is 74.9 Å². The van der Waals surface area contributed by atoms with Crippen molar-refractivity contribution in [2.45, 2.75) is 59.9 Å². The Hall–Kier alpha value is -3.71. The Balaban J connectivity index is 1.54. The minimum atomic E-state index is -0.267. The zero-order valence-corrected chi connectivity index (χ0v) is 23.2. The summed E-state index contributed by atoms with van der Waals surface area (Å²) >= 11 is 1.62. The first-order valence-electron chi connectivity index (χ1n) is 13.2. The first-order valence-corrected chi connectivity index (χ1v) is 14.0. The number of aliphatic imine (C=N–C) groups is 1. The van der Waals surface area contributed by atoms with Gasteiger partial charge in [0.05, 0.1) is 12.2 Å². The van der Waals surface area contributed by atoms with Crippen molar-refractivity contribution in [3.05, 3.63) is 80.9 Å². The van der Waals surface area contributed by atoms with Gasteiger partial charge in [0, 0.05) is 38.9 Å². The molecule has 4 aromatic rings. The fourth-order valence-electron chi connectivity index (χ4n) is 5.40. The summed E-state index contributed by atoms with van der Waals surface area (Å²) in [5.74, 6) is -0.376. The average Bonchev–Trinajstić information content (AvgIpc) is 3.37. The Morgan fingerprint density at radius 3 is 2.58 bits per heavy atom. The number of amides is 1. The molecule has 1 N–H and O–H groups in total. The number of fused-ring (bicyclic) bond motifs is 2. The van der Waals surface area contributed by atoms with Gasteiger partial charge in [0.15, 0.2) is 0 Å². The molecule has 2 aromatic carbocycles. The number of benzene rings is 2. The van der Waals surface area contributed by atoms with E-state index < -0.39 is 0 Å². The molecule has 0 atom stereocenters. The normalized spacial score (nSPS) is 13.2. The molecule has 0 bridgehead atoms. The van der Waals surface area contributed by atoms with Crippen molar-refractivity contribution in [3.63, 3.8) is 0 Å². The maximum absolute atomic E-state index is 13.6. The molecule has 0 radical (unpaired) electrons. The number of esters is 1. The van der Waals surface area contributed by atoms with Gasteiger partial charge in [-0.2, -0.15) is 0 Å². The zero-order valence-electron chi connectivity index (χ0n) is 22.4. The summed E-state index contributed by atoms with van der Waals surface area (Å²) in [6.45, 7) is 8.36. The minimum Gasteiger partial charge on any atom is -0.465 e. The molecule has 2 heterocycles. The van der Waals surface area contributed by atoms with Crippen molar-refractivity contribution in [1.82, 2.24) is 4.57 Å².